The third-order valence-corrected chi connectivity index (χ3v) is 2.29. The van der Waals surface area contributed by atoms with Crippen molar-refractivity contribution in [2.75, 3.05) is 12.4 Å². The third-order valence-electron chi connectivity index (χ3n) is 2.05. The summed E-state index contributed by atoms with van der Waals surface area (Å²) in [5, 5.41) is 10.0. The number of aromatic nitrogens is 2. The van der Waals surface area contributed by atoms with Crippen LogP contribution in [-0.4, -0.2) is 17.2 Å². The Kier molecular flexibility index (Phi) is 2.60. The number of nitrogens with one attached hydrogen (secondary N) is 2. The van der Waals surface area contributed by atoms with Crippen molar-refractivity contribution in [3.05, 3.63) is 35.1 Å². The standard InChI is InChI=1S/C10H9ClFN3/c1-13-10-5-9(14-15-10)7-4-6(11)2-3-8(7)12/h2-5H,1H3,(H2,13,14,15). The van der Waals surface area contributed by atoms with Crippen LogP contribution in [0.25, 0.3) is 11.3 Å². The van der Waals surface area contributed by atoms with E-state index < -0.39 is 0 Å². The quantitative estimate of drug-likeness (QED) is 0.825. The molecule has 0 aliphatic carbocycles. The van der Waals surface area contributed by atoms with Crippen molar-refractivity contribution < 1.29 is 4.39 Å². The minimum Gasteiger partial charge on any atom is -0.372 e. The summed E-state index contributed by atoms with van der Waals surface area (Å²) in [4.78, 5) is 0. The zero-order valence-electron chi connectivity index (χ0n) is 8.01. The first-order valence-electron chi connectivity index (χ1n) is 4.39. The van der Waals surface area contributed by atoms with Gasteiger partial charge in [0.05, 0.1) is 5.69 Å². The second kappa shape index (κ2) is 3.90. The van der Waals surface area contributed by atoms with Crippen LogP contribution < -0.4 is 5.32 Å². The second-order valence-corrected chi connectivity index (χ2v) is 3.48. The van der Waals surface area contributed by atoms with Crippen molar-refractivity contribution in [3.8, 4) is 11.3 Å². The summed E-state index contributed by atoms with van der Waals surface area (Å²) < 4.78 is 13.4. The highest BCUT2D eigenvalue weighted by Crippen LogP contribution is 2.25. The van der Waals surface area contributed by atoms with Crippen molar-refractivity contribution in [1.82, 2.24) is 10.2 Å². The summed E-state index contributed by atoms with van der Waals surface area (Å²) in [6.07, 6.45) is 0. The van der Waals surface area contributed by atoms with Crippen molar-refractivity contribution >= 4 is 17.4 Å². The molecule has 0 amide bonds. The minimum absolute atomic E-state index is 0.328. The number of hydrogen-bond acceptors (Lipinski definition) is 2. The summed E-state index contributed by atoms with van der Waals surface area (Å²) >= 11 is 5.79. The Balaban J connectivity index is 2.48. The maximum Gasteiger partial charge on any atom is 0.148 e. The van der Waals surface area contributed by atoms with Gasteiger partial charge in [-0.3, -0.25) is 5.10 Å². The highest BCUT2D eigenvalue weighted by Gasteiger charge is 2.08. The van der Waals surface area contributed by atoms with E-state index in [0.717, 1.165) is 0 Å². The van der Waals surface area contributed by atoms with E-state index in [1.165, 1.54) is 12.1 Å². The van der Waals surface area contributed by atoms with E-state index in [1.807, 2.05) is 0 Å². The van der Waals surface area contributed by atoms with Gasteiger partial charge in [-0.25, -0.2) is 4.39 Å². The maximum atomic E-state index is 13.4. The van der Waals surface area contributed by atoms with Crippen LogP contribution in [0.2, 0.25) is 5.02 Å². The fourth-order valence-corrected chi connectivity index (χ4v) is 1.46. The van der Waals surface area contributed by atoms with Crippen LogP contribution in [0.1, 0.15) is 0 Å². The lowest BCUT2D eigenvalue weighted by Gasteiger charge is -1.99. The van der Waals surface area contributed by atoms with Crippen LogP contribution in [0, 0.1) is 5.82 Å². The Bertz CT molecular complexity index is 481. The molecule has 0 fully saturated rings. The molecule has 0 bridgehead atoms. The number of benzene rings is 1. The highest BCUT2D eigenvalue weighted by atomic mass is 35.5. The van der Waals surface area contributed by atoms with Crippen LogP contribution in [0.5, 0.6) is 0 Å². The first kappa shape index (κ1) is 9.98. The number of halogens is 2. The van der Waals surface area contributed by atoms with Gasteiger partial charge in [0.1, 0.15) is 11.6 Å². The SMILES string of the molecule is CNc1cc(-c2cc(Cl)ccc2F)[nH]n1. The van der Waals surface area contributed by atoms with E-state index in [2.05, 4.69) is 15.5 Å². The molecule has 1 aromatic heterocycles. The molecule has 78 valence electrons. The van der Waals surface area contributed by atoms with Gasteiger partial charge in [-0.1, -0.05) is 11.6 Å². The molecule has 0 unspecified atom stereocenters. The van der Waals surface area contributed by atoms with E-state index in [-0.39, 0.29) is 5.82 Å². The molecule has 2 N–H and O–H groups in total. The molecule has 0 saturated carbocycles. The fraction of sp³-hybridized carbons (Fsp3) is 0.100. The van der Waals surface area contributed by atoms with Crippen LogP contribution >= 0.6 is 11.6 Å². The zero-order valence-corrected chi connectivity index (χ0v) is 8.77. The van der Waals surface area contributed by atoms with Gasteiger partial charge in [0.2, 0.25) is 0 Å². The first-order valence-corrected chi connectivity index (χ1v) is 4.77. The van der Waals surface area contributed by atoms with E-state index in [4.69, 9.17) is 11.6 Å². The Hall–Kier alpha value is -1.55. The van der Waals surface area contributed by atoms with Crippen LogP contribution in [0.3, 0.4) is 0 Å². The molecule has 1 aromatic carbocycles. The molecule has 0 aliphatic heterocycles. The molecule has 5 heteroatoms. The van der Waals surface area contributed by atoms with E-state index >= 15 is 0 Å². The Morgan fingerprint density at radius 1 is 1.40 bits per heavy atom. The molecule has 0 atom stereocenters. The molecule has 1 heterocycles. The second-order valence-electron chi connectivity index (χ2n) is 3.04. The molecular weight excluding hydrogens is 217 g/mol. The lowest BCUT2D eigenvalue weighted by molar-refractivity contribution is 0.630. The topological polar surface area (TPSA) is 40.7 Å². The van der Waals surface area contributed by atoms with Crippen molar-refractivity contribution in [3.63, 3.8) is 0 Å². The predicted octanol–water partition coefficient (Wildman–Crippen LogP) is 2.91. The lowest BCUT2D eigenvalue weighted by atomic mass is 10.1. The Labute approximate surface area is 91.3 Å². The lowest BCUT2D eigenvalue weighted by Crippen LogP contribution is -1.85. The largest absolute Gasteiger partial charge is 0.372 e. The number of H-pyrrole nitrogens is 1. The number of nitrogens with zero attached hydrogens (tertiary/aromatic N) is 1. The molecular formula is C10H9ClFN3. The smallest absolute Gasteiger partial charge is 0.148 e. The Morgan fingerprint density at radius 3 is 2.87 bits per heavy atom. The van der Waals surface area contributed by atoms with Crippen molar-refractivity contribution in [2.24, 2.45) is 0 Å². The van der Waals surface area contributed by atoms with Gasteiger partial charge in [0.15, 0.2) is 0 Å². The fourth-order valence-electron chi connectivity index (χ4n) is 1.29. The molecule has 0 saturated heterocycles. The molecule has 0 radical (unpaired) electrons. The van der Waals surface area contributed by atoms with Gasteiger partial charge in [-0.05, 0) is 18.2 Å². The number of anilines is 1. The predicted molar refractivity (Wildman–Crippen MR) is 58.5 cm³/mol. The van der Waals surface area contributed by atoms with E-state index in [9.17, 15) is 4.39 Å². The average molecular weight is 226 g/mol. The van der Waals surface area contributed by atoms with Gasteiger partial charge in [0, 0.05) is 23.7 Å². The van der Waals surface area contributed by atoms with E-state index in [0.29, 0.717) is 22.1 Å². The van der Waals surface area contributed by atoms with Gasteiger partial charge in [0.25, 0.3) is 0 Å². The van der Waals surface area contributed by atoms with Crippen molar-refractivity contribution in [1.29, 1.82) is 0 Å². The summed E-state index contributed by atoms with van der Waals surface area (Å²) in [5.41, 5.74) is 1.01. The van der Waals surface area contributed by atoms with Gasteiger partial charge < -0.3 is 5.32 Å². The highest BCUT2D eigenvalue weighted by molar-refractivity contribution is 6.30. The number of hydrogen-bond donors (Lipinski definition) is 2. The van der Waals surface area contributed by atoms with Crippen LogP contribution in [-0.2, 0) is 0 Å². The van der Waals surface area contributed by atoms with Crippen molar-refractivity contribution in [2.45, 2.75) is 0 Å². The summed E-state index contributed by atoms with van der Waals surface area (Å²) in [6, 6.07) is 6.12. The molecule has 3 nitrogen and oxygen atoms in total. The average Bonchev–Trinajstić information content (AvgIpc) is 2.70. The van der Waals surface area contributed by atoms with Gasteiger partial charge >= 0.3 is 0 Å². The number of aromatic amines is 1. The van der Waals surface area contributed by atoms with Crippen LogP contribution in [0.4, 0.5) is 10.2 Å². The summed E-state index contributed by atoms with van der Waals surface area (Å²) in [5.74, 6) is 0.329. The van der Waals surface area contributed by atoms with Gasteiger partial charge in [-0.15, -0.1) is 0 Å². The Morgan fingerprint density at radius 2 is 2.20 bits per heavy atom. The molecule has 0 spiro atoms. The molecule has 0 aliphatic rings. The number of rotatable bonds is 2. The zero-order chi connectivity index (χ0) is 10.8. The molecule has 15 heavy (non-hydrogen) atoms. The minimum atomic E-state index is -0.328. The first-order chi connectivity index (χ1) is 7.20. The summed E-state index contributed by atoms with van der Waals surface area (Å²) in [7, 11) is 1.74. The monoisotopic (exact) mass is 225 g/mol. The summed E-state index contributed by atoms with van der Waals surface area (Å²) in [6.45, 7) is 0. The van der Waals surface area contributed by atoms with E-state index in [1.54, 1.807) is 19.2 Å². The van der Waals surface area contributed by atoms with Crippen LogP contribution in [0.15, 0.2) is 24.3 Å². The molecule has 2 rings (SSSR count). The third kappa shape index (κ3) is 1.94. The van der Waals surface area contributed by atoms with Gasteiger partial charge in [-0.2, -0.15) is 5.10 Å². The molecule has 2 aromatic rings. The normalized spacial score (nSPS) is 10.3. The maximum absolute atomic E-state index is 13.4.